The molecule has 0 fully saturated rings. The maximum Gasteiger partial charge on any atom is 0.343 e. The molecular formula is C42H32N2O12S. The molecule has 288 valence electrons. The van der Waals surface area contributed by atoms with Gasteiger partial charge in [0.25, 0.3) is 11.4 Å². The number of non-ortho nitro benzene ring substituents is 2. The van der Waals surface area contributed by atoms with Crippen molar-refractivity contribution in [1.29, 1.82) is 0 Å². The normalized spacial score (nSPS) is 12.1. The fraction of sp³-hybridized carbons (Fsp3) is 0.0952. The van der Waals surface area contributed by atoms with Crippen molar-refractivity contribution in [2.24, 2.45) is 0 Å². The summed E-state index contributed by atoms with van der Waals surface area (Å²) in [6.07, 6.45) is -2.01. The summed E-state index contributed by atoms with van der Waals surface area (Å²) in [5.74, 6) is -1.27. The number of carbonyl (C=O) groups excluding carboxylic acids is 2. The summed E-state index contributed by atoms with van der Waals surface area (Å²) < 4.78 is 51.4. The second-order valence-corrected chi connectivity index (χ2v) is 14.6. The zero-order valence-corrected chi connectivity index (χ0v) is 30.6. The summed E-state index contributed by atoms with van der Waals surface area (Å²) in [5, 5.41) is 21.9. The zero-order valence-electron chi connectivity index (χ0n) is 29.8. The van der Waals surface area contributed by atoms with E-state index in [1.54, 1.807) is 84.9 Å². The standard InChI is InChI=1S/C42H32N2O12S/c45-41(31-11-19-33(20-12-31)43(47)48)55-37-23-15-29(16-24-37)39(53-35-7-3-1-4-8-35)27-57(51,52)28-40(54-36-9-5-2-6-10-36)30-17-25-38(26-18-30)56-42(46)32-13-21-34(22-14-32)44(49)50/h1-26,39-40H,27-28H2. The largest absolute Gasteiger partial charge is 0.485 e. The van der Waals surface area contributed by atoms with Crippen LogP contribution in [0, 0.1) is 20.2 Å². The first kappa shape index (κ1) is 39.3. The molecule has 6 rings (SSSR count). The number of hydrogen-bond acceptors (Lipinski definition) is 12. The number of esters is 2. The molecule has 0 aliphatic rings. The van der Waals surface area contributed by atoms with Crippen LogP contribution in [0.15, 0.2) is 158 Å². The van der Waals surface area contributed by atoms with Gasteiger partial charge in [-0.1, -0.05) is 60.7 Å². The zero-order chi connectivity index (χ0) is 40.4. The molecule has 2 atom stereocenters. The molecule has 0 bridgehead atoms. The van der Waals surface area contributed by atoms with Crippen molar-refractivity contribution in [2.45, 2.75) is 12.2 Å². The minimum Gasteiger partial charge on any atom is -0.485 e. The SMILES string of the molecule is O=C(Oc1ccc(C(CS(=O)(=O)CC(Oc2ccccc2)c2ccc(OC(=O)c3ccc([N+](=O)[O-])cc3)cc2)Oc2ccccc2)cc1)c1ccc([N+](=O)[O-])cc1. The van der Waals surface area contributed by atoms with Gasteiger partial charge in [0, 0.05) is 24.3 Å². The molecule has 2 unspecified atom stereocenters. The first-order valence-corrected chi connectivity index (χ1v) is 19.0. The van der Waals surface area contributed by atoms with E-state index in [2.05, 4.69) is 0 Å². The molecule has 0 spiro atoms. The second kappa shape index (κ2) is 17.8. The van der Waals surface area contributed by atoms with Gasteiger partial charge in [-0.05, 0) is 83.9 Å². The number of nitro benzene ring substituents is 2. The van der Waals surface area contributed by atoms with E-state index >= 15 is 0 Å². The Labute approximate surface area is 326 Å². The highest BCUT2D eigenvalue weighted by molar-refractivity contribution is 7.91. The van der Waals surface area contributed by atoms with Crippen LogP contribution in [0.1, 0.15) is 44.1 Å². The predicted octanol–water partition coefficient (Wildman–Crippen LogP) is 8.30. The highest BCUT2D eigenvalue weighted by Gasteiger charge is 2.29. The third-order valence-electron chi connectivity index (χ3n) is 8.41. The first-order chi connectivity index (χ1) is 27.4. The van der Waals surface area contributed by atoms with Crippen molar-refractivity contribution >= 4 is 33.2 Å². The summed E-state index contributed by atoms with van der Waals surface area (Å²) >= 11 is 0. The van der Waals surface area contributed by atoms with Crippen molar-refractivity contribution < 1.29 is 46.8 Å². The lowest BCUT2D eigenvalue weighted by molar-refractivity contribution is -0.385. The molecule has 0 heterocycles. The number of benzene rings is 6. The lowest BCUT2D eigenvalue weighted by Crippen LogP contribution is -2.26. The smallest absolute Gasteiger partial charge is 0.343 e. The average Bonchev–Trinajstić information content (AvgIpc) is 3.21. The van der Waals surface area contributed by atoms with Crippen molar-refractivity contribution in [3.05, 3.63) is 200 Å². The topological polar surface area (TPSA) is 191 Å². The van der Waals surface area contributed by atoms with E-state index in [0.29, 0.717) is 22.6 Å². The molecule has 0 saturated heterocycles. The molecule has 14 nitrogen and oxygen atoms in total. The lowest BCUT2D eigenvalue weighted by Gasteiger charge is -2.23. The van der Waals surface area contributed by atoms with E-state index < -0.39 is 55.3 Å². The monoisotopic (exact) mass is 788 g/mol. The van der Waals surface area contributed by atoms with Gasteiger partial charge in [0.05, 0.1) is 32.5 Å². The van der Waals surface area contributed by atoms with Crippen LogP contribution < -0.4 is 18.9 Å². The van der Waals surface area contributed by atoms with Crippen molar-refractivity contribution in [3.63, 3.8) is 0 Å². The van der Waals surface area contributed by atoms with E-state index in [1.807, 2.05) is 0 Å². The highest BCUT2D eigenvalue weighted by Crippen LogP contribution is 2.30. The van der Waals surface area contributed by atoms with Gasteiger partial charge in [-0.3, -0.25) is 20.2 Å². The number of rotatable bonds is 16. The molecule has 57 heavy (non-hydrogen) atoms. The van der Waals surface area contributed by atoms with Crippen LogP contribution in [-0.4, -0.2) is 41.7 Å². The molecule has 0 aromatic heterocycles. The summed E-state index contributed by atoms with van der Waals surface area (Å²) in [7, 11) is -3.98. The predicted molar refractivity (Wildman–Crippen MR) is 207 cm³/mol. The van der Waals surface area contributed by atoms with E-state index in [4.69, 9.17) is 18.9 Å². The van der Waals surface area contributed by atoms with Gasteiger partial charge in [0.2, 0.25) is 0 Å². The molecule has 6 aromatic carbocycles. The Kier molecular flexibility index (Phi) is 12.3. The van der Waals surface area contributed by atoms with Crippen molar-refractivity contribution in [2.75, 3.05) is 11.5 Å². The third-order valence-corrected chi connectivity index (χ3v) is 10.0. The van der Waals surface area contributed by atoms with Crippen LogP contribution in [0.3, 0.4) is 0 Å². The van der Waals surface area contributed by atoms with Crippen LogP contribution in [0.25, 0.3) is 0 Å². The fourth-order valence-electron chi connectivity index (χ4n) is 5.52. The molecule has 0 aliphatic carbocycles. The molecule has 0 amide bonds. The number of nitrogens with zero attached hydrogens (tertiary/aromatic N) is 2. The van der Waals surface area contributed by atoms with Crippen LogP contribution in [0.4, 0.5) is 11.4 Å². The van der Waals surface area contributed by atoms with Gasteiger partial charge in [-0.15, -0.1) is 0 Å². The minimum absolute atomic E-state index is 0.103. The Morgan fingerprint density at radius 2 is 0.807 bits per heavy atom. The number of carbonyl (C=O) groups is 2. The quantitative estimate of drug-likeness (QED) is 0.0395. The molecular weight excluding hydrogens is 757 g/mol. The Morgan fingerprint density at radius 1 is 0.474 bits per heavy atom. The minimum atomic E-state index is -3.98. The van der Waals surface area contributed by atoms with Crippen LogP contribution in [0.5, 0.6) is 23.0 Å². The van der Waals surface area contributed by atoms with Gasteiger partial charge in [0.15, 0.2) is 9.84 Å². The summed E-state index contributed by atoms with van der Waals surface area (Å²) in [6.45, 7) is 0. The Bertz CT molecular complexity index is 2280. The highest BCUT2D eigenvalue weighted by atomic mass is 32.2. The van der Waals surface area contributed by atoms with Gasteiger partial charge in [-0.25, -0.2) is 18.0 Å². The lowest BCUT2D eigenvalue weighted by atomic mass is 10.1. The maximum atomic E-state index is 14.1. The van der Waals surface area contributed by atoms with Crippen molar-refractivity contribution in [1.82, 2.24) is 0 Å². The summed E-state index contributed by atoms with van der Waals surface area (Å²) in [4.78, 5) is 46.2. The average molecular weight is 789 g/mol. The first-order valence-electron chi connectivity index (χ1n) is 17.2. The van der Waals surface area contributed by atoms with Gasteiger partial charge < -0.3 is 18.9 Å². The summed E-state index contributed by atoms with van der Waals surface area (Å²) in [6, 6.07) is 39.5. The number of sulfone groups is 1. The molecule has 0 N–H and O–H groups in total. The number of nitro groups is 2. The van der Waals surface area contributed by atoms with E-state index in [9.17, 15) is 38.2 Å². The number of para-hydroxylation sites is 2. The van der Waals surface area contributed by atoms with Crippen molar-refractivity contribution in [3.8, 4) is 23.0 Å². The van der Waals surface area contributed by atoms with Gasteiger partial charge >= 0.3 is 11.9 Å². The third kappa shape index (κ3) is 10.9. The second-order valence-electron chi connectivity index (χ2n) is 12.4. The molecule has 15 heteroatoms. The van der Waals surface area contributed by atoms with Crippen LogP contribution >= 0.6 is 0 Å². The van der Waals surface area contributed by atoms with Gasteiger partial charge in [0.1, 0.15) is 35.2 Å². The van der Waals surface area contributed by atoms with E-state index in [1.165, 1.54) is 72.8 Å². The Morgan fingerprint density at radius 3 is 1.12 bits per heavy atom. The number of ether oxygens (including phenoxy) is 4. The Hall–Kier alpha value is -7.39. The van der Waals surface area contributed by atoms with Crippen LogP contribution in [-0.2, 0) is 9.84 Å². The molecule has 0 radical (unpaired) electrons. The van der Waals surface area contributed by atoms with Crippen LogP contribution in [0.2, 0.25) is 0 Å². The molecule has 0 saturated carbocycles. The fourth-order valence-corrected chi connectivity index (χ4v) is 7.10. The van der Waals surface area contributed by atoms with E-state index in [0.717, 1.165) is 0 Å². The Balaban J connectivity index is 1.20. The molecule has 0 aliphatic heterocycles. The van der Waals surface area contributed by atoms with E-state index in [-0.39, 0.29) is 34.0 Å². The molecule has 6 aromatic rings. The maximum absolute atomic E-state index is 14.1. The van der Waals surface area contributed by atoms with Gasteiger partial charge in [-0.2, -0.15) is 0 Å². The summed E-state index contributed by atoms with van der Waals surface area (Å²) in [5.41, 5.74) is 0.798. The number of hydrogen-bond donors (Lipinski definition) is 0.